The number of amides is 1. The lowest BCUT2D eigenvalue weighted by atomic mass is 10.1. The molecule has 1 aromatic carbocycles. The fourth-order valence-corrected chi connectivity index (χ4v) is 2.79. The van der Waals surface area contributed by atoms with E-state index in [0.29, 0.717) is 23.4 Å². The fraction of sp³-hybridized carbons (Fsp3) is 0.381. The molecule has 1 aromatic heterocycles. The Bertz CT molecular complexity index is 855. The van der Waals surface area contributed by atoms with E-state index in [4.69, 9.17) is 9.47 Å². The van der Waals surface area contributed by atoms with E-state index in [9.17, 15) is 14.4 Å². The molecule has 1 amide bonds. The molecule has 7 heteroatoms. The van der Waals surface area contributed by atoms with Gasteiger partial charge in [-0.25, -0.2) is 9.59 Å². The summed E-state index contributed by atoms with van der Waals surface area (Å²) in [7, 11) is 1.65. The maximum Gasteiger partial charge on any atom is 0.355 e. The number of carbonyl (C=O) groups excluding carboxylic acids is 3. The smallest absolute Gasteiger partial charge is 0.355 e. The van der Waals surface area contributed by atoms with E-state index >= 15 is 0 Å². The zero-order chi connectivity index (χ0) is 20.8. The number of aryl methyl sites for hydroxylation is 1. The summed E-state index contributed by atoms with van der Waals surface area (Å²) < 4.78 is 10.4. The molecular formula is C21H26N2O5. The van der Waals surface area contributed by atoms with Gasteiger partial charge in [-0.15, -0.1) is 0 Å². The summed E-state index contributed by atoms with van der Waals surface area (Å²) in [6.07, 6.45) is -0.269. The van der Waals surface area contributed by atoms with Crippen LogP contribution in [-0.4, -0.2) is 47.5 Å². The van der Waals surface area contributed by atoms with Gasteiger partial charge in [0, 0.05) is 19.3 Å². The first-order valence-electron chi connectivity index (χ1n) is 9.05. The van der Waals surface area contributed by atoms with Crippen LogP contribution in [0.1, 0.15) is 51.5 Å². The molecule has 1 N–H and O–H groups in total. The number of likely N-dealkylation sites (N-methyl/N-ethyl adjacent to an activating group) is 1. The lowest BCUT2D eigenvalue weighted by molar-refractivity contribution is -0.133. The van der Waals surface area contributed by atoms with Crippen LogP contribution in [0.3, 0.4) is 0 Å². The van der Waals surface area contributed by atoms with Gasteiger partial charge in [-0.2, -0.15) is 0 Å². The molecule has 0 saturated carbocycles. The molecule has 0 fully saturated rings. The third-order valence-electron chi connectivity index (χ3n) is 4.20. The van der Waals surface area contributed by atoms with Crippen molar-refractivity contribution in [1.29, 1.82) is 0 Å². The number of aromatic amines is 1. The van der Waals surface area contributed by atoms with Gasteiger partial charge in [0.25, 0.3) is 5.91 Å². The van der Waals surface area contributed by atoms with Gasteiger partial charge < -0.3 is 19.4 Å². The van der Waals surface area contributed by atoms with Crippen LogP contribution in [0, 0.1) is 13.8 Å². The highest BCUT2D eigenvalue weighted by Crippen LogP contribution is 2.20. The predicted molar refractivity (Wildman–Crippen MR) is 104 cm³/mol. The summed E-state index contributed by atoms with van der Waals surface area (Å²) >= 11 is 0. The lowest BCUT2D eigenvalue weighted by Crippen LogP contribution is -2.31. The second-order valence-corrected chi connectivity index (χ2v) is 6.89. The Hall–Kier alpha value is -3.09. The maximum atomic E-state index is 12.4. The van der Waals surface area contributed by atoms with Crippen molar-refractivity contribution in [3.8, 4) is 0 Å². The Morgan fingerprint density at radius 3 is 2.32 bits per heavy atom. The van der Waals surface area contributed by atoms with Crippen molar-refractivity contribution in [1.82, 2.24) is 9.88 Å². The van der Waals surface area contributed by atoms with Gasteiger partial charge in [0.1, 0.15) is 5.69 Å². The van der Waals surface area contributed by atoms with Crippen LogP contribution in [0.15, 0.2) is 30.3 Å². The fourth-order valence-electron chi connectivity index (χ4n) is 2.79. The van der Waals surface area contributed by atoms with Crippen molar-refractivity contribution in [3.63, 3.8) is 0 Å². The Balaban J connectivity index is 1.99. The number of hydrogen-bond donors (Lipinski definition) is 1. The number of carbonyl (C=O) groups is 3. The second kappa shape index (κ2) is 9.21. The molecule has 0 spiro atoms. The lowest BCUT2D eigenvalue weighted by Gasteiger charge is -2.17. The van der Waals surface area contributed by atoms with Crippen LogP contribution in [0.4, 0.5) is 0 Å². The van der Waals surface area contributed by atoms with Crippen molar-refractivity contribution in [2.45, 2.75) is 40.3 Å². The summed E-state index contributed by atoms with van der Waals surface area (Å²) in [5, 5.41) is 0. The largest absolute Gasteiger partial charge is 0.459 e. The number of benzene rings is 1. The van der Waals surface area contributed by atoms with E-state index < -0.39 is 11.9 Å². The van der Waals surface area contributed by atoms with Gasteiger partial charge in [0.15, 0.2) is 6.61 Å². The first kappa shape index (κ1) is 21.2. The van der Waals surface area contributed by atoms with E-state index in [1.54, 1.807) is 34.7 Å². The minimum atomic E-state index is -0.689. The molecule has 150 valence electrons. The standard InChI is InChI=1S/C21H26N2O5/c1-13(2)28-20(25)18-14(3)19(22-15(18)4)21(26)27-12-17(24)23(5)11-16-9-7-6-8-10-16/h6-10,13,22H,11-12H2,1-5H3. The molecule has 0 radical (unpaired) electrons. The summed E-state index contributed by atoms with van der Waals surface area (Å²) in [5.74, 6) is -1.51. The molecule has 2 aromatic rings. The topological polar surface area (TPSA) is 88.7 Å². The minimum Gasteiger partial charge on any atom is -0.459 e. The predicted octanol–water partition coefficient (Wildman–Crippen LogP) is 3.01. The van der Waals surface area contributed by atoms with E-state index in [2.05, 4.69) is 4.98 Å². The van der Waals surface area contributed by atoms with Gasteiger partial charge in [-0.05, 0) is 38.8 Å². The average molecular weight is 386 g/mol. The van der Waals surface area contributed by atoms with Crippen molar-refractivity contribution in [2.24, 2.45) is 0 Å². The summed E-state index contributed by atoms with van der Waals surface area (Å²) in [6.45, 7) is 6.86. The Kier molecular flexibility index (Phi) is 6.98. The van der Waals surface area contributed by atoms with Crippen LogP contribution in [0.25, 0.3) is 0 Å². The van der Waals surface area contributed by atoms with Crippen LogP contribution in [0.5, 0.6) is 0 Å². The number of esters is 2. The molecule has 0 aliphatic rings. The van der Waals surface area contributed by atoms with Gasteiger partial charge in [0.05, 0.1) is 11.7 Å². The van der Waals surface area contributed by atoms with Crippen molar-refractivity contribution in [2.75, 3.05) is 13.7 Å². The van der Waals surface area contributed by atoms with Crippen LogP contribution >= 0.6 is 0 Å². The summed E-state index contributed by atoms with van der Waals surface area (Å²) in [4.78, 5) is 41.2. The van der Waals surface area contributed by atoms with Gasteiger partial charge in [0.2, 0.25) is 0 Å². The molecular weight excluding hydrogens is 360 g/mol. The van der Waals surface area contributed by atoms with E-state index in [0.717, 1.165) is 5.56 Å². The van der Waals surface area contributed by atoms with Crippen molar-refractivity contribution in [3.05, 3.63) is 58.4 Å². The van der Waals surface area contributed by atoms with E-state index in [1.165, 1.54) is 4.90 Å². The number of hydrogen-bond acceptors (Lipinski definition) is 5. The quantitative estimate of drug-likeness (QED) is 0.739. The molecule has 0 aliphatic carbocycles. The maximum absolute atomic E-state index is 12.4. The monoisotopic (exact) mass is 386 g/mol. The highest BCUT2D eigenvalue weighted by atomic mass is 16.5. The van der Waals surface area contributed by atoms with Crippen LogP contribution in [0.2, 0.25) is 0 Å². The average Bonchev–Trinajstić information content (AvgIpc) is 2.94. The van der Waals surface area contributed by atoms with Crippen molar-refractivity contribution >= 4 is 17.8 Å². The zero-order valence-corrected chi connectivity index (χ0v) is 16.9. The number of nitrogens with one attached hydrogen (secondary N) is 1. The van der Waals surface area contributed by atoms with E-state index in [-0.39, 0.29) is 24.3 Å². The highest BCUT2D eigenvalue weighted by molar-refractivity contribution is 5.99. The molecule has 2 rings (SSSR count). The van der Waals surface area contributed by atoms with Crippen LogP contribution < -0.4 is 0 Å². The first-order chi connectivity index (χ1) is 13.2. The Morgan fingerprint density at radius 2 is 1.71 bits per heavy atom. The van der Waals surface area contributed by atoms with Gasteiger partial charge in [-0.1, -0.05) is 30.3 Å². The Labute approximate surface area is 164 Å². The summed E-state index contributed by atoms with van der Waals surface area (Å²) in [6, 6.07) is 9.52. The number of aromatic nitrogens is 1. The molecule has 1 heterocycles. The molecule has 0 unspecified atom stereocenters. The molecule has 0 aliphatic heterocycles. The third kappa shape index (κ3) is 5.22. The van der Waals surface area contributed by atoms with Gasteiger partial charge in [-0.3, -0.25) is 4.79 Å². The SMILES string of the molecule is Cc1[nH]c(C(=O)OCC(=O)N(C)Cc2ccccc2)c(C)c1C(=O)OC(C)C. The van der Waals surface area contributed by atoms with E-state index in [1.807, 2.05) is 30.3 Å². The number of H-pyrrole nitrogens is 1. The summed E-state index contributed by atoms with van der Waals surface area (Å²) in [5.41, 5.74) is 2.40. The van der Waals surface area contributed by atoms with Crippen LogP contribution in [-0.2, 0) is 20.8 Å². The molecule has 0 atom stereocenters. The number of nitrogens with zero attached hydrogens (tertiary/aromatic N) is 1. The Morgan fingerprint density at radius 1 is 1.07 bits per heavy atom. The van der Waals surface area contributed by atoms with Gasteiger partial charge >= 0.3 is 11.9 Å². The minimum absolute atomic E-state index is 0.145. The first-order valence-corrected chi connectivity index (χ1v) is 9.05. The number of ether oxygens (including phenoxy) is 2. The zero-order valence-electron chi connectivity index (χ0n) is 16.9. The molecule has 0 saturated heterocycles. The molecule has 7 nitrogen and oxygen atoms in total. The highest BCUT2D eigenvalue weighted by Gasteiger charge is 2.25. The molecule has 0 bridgehead atoms. The number of rotatable bonds is 7. The normalized spacial score (nSPS) is 10.6. The van der Waals surface area contributed by atoms with Crippen molar-refractivity contribution < 1.29 is 23.9 Å². The second-order valence-electron chi connectivity index (χ2n) is 6.89. The molecule has 28 heavy (non-hydrogen) atoms. The third-order valence-corrected chi connectivity index (χ3v) is 4.20.